The molecule has 1 aliphatic heterocycles. The van der Waals surface area contributed by atoms with Crippen molar-refractivity contribution in [2.24, 2.45) is 5.41 Å². The van der Waals surface area contributed by atoms with Gasteiger partial charge in [-0.25, -0.2) is 0 Å². The molecular weight excluding hydrogens is 264 g/mol. The van der Waals surface area contributed by atoms with E-state index in [1.807, 2.05) is 0 Å². The number of carbonyl (C=O) groups excluding carboxylic acids is 2. The van der Waals surface area contributed by atoms with Crippen LogP contribution in [0, 0.1) is 5.41 Å². The molecule has 0 aromatic rings. The first-order chi connectivity index (χ1) is 9.96. The second-order valence-corrected chi connectivity index (χ2v) is 7.92. The number of nitrogens with zero attached hydrogens (tertiary/aromatic N) is 1. The summed E-state index contributed by atoms with van der Waals surface area (Å²) in [7, 11) is 0. The van der Waals surface area contributed by atoms with E-state index in [1.165, 1.54) is 12.8 Å². The van der Waals surface area contributed by atoms with Crippen LogP contribution in [-0.2, 0) is 9.59 Å². The Hall–Kier alpha value is -0.900. The Morgan fingerprint density at radius 3 is 2.43 bits per heavy atom. The van der Waals surface area contributed by atoms with Crippen LogP contribution in [0.2, 0.25) is 0 Å². The van der Waals surface area contributed by atoms with Gasteiger partial charge in [0.2, 0.25) is 11.8 Å². The average Bonchev–Trinajstić information content (AvgIpc) is 2.91. The first kappa shape index (κ1) is 15.0. The van der Waals surface area contributed by atoms with E-state index < -0.39 is 0 Å². The highest BCUT2D eigenvalue weighted by Crippen LogP contribution is 2.37. The molecule has 1 heterocycles. The van der Waals surface area contributed by atoms with Gasteiger partial charge in [0.15, 0.2) is 0 Å². The number of imide groups is 1. The van der Waals surface area contributed by atoms with Gasteiger partial charge in [-0.2, -0.15) is 0 Å². The minimum atomic E-state index is -0.265. The van der Waals surface area contributed by atoms with E-state index in [4.69, 9.17) is 0 Å². The van der Waals surface area contributed by atoms with Gasteiger partial charge in [0.05, 0.1) is 12.5 Å². The zero-order valence-corrected chi connectivity index (χ0v) is 13.4. The van der Waals surface area contributed by atoms with Crippen LogP contribution in [0.1, 0.15) is 71.6 Å². The van der Waals surface area contributed by atoms with E-state index in [9.17, 15) is 9.59 Å². The lowest BCUT2D eigenvalue weighted by molar-refractivity contribution is -0.142. The van der Waals surface area contributed by atoms with Crippen molar-refractivity contribution in [3.8, 4) is 0 Å². The molecule has 1 N–H and O–H groups in total. The van der Waals surface area contributed by atoms with E-state index in [2.05, 4.69) is 19.2 Å². The van der Waals surface area contributed by atoms with Gasteiger partial charge in [0, 0.05) is 12.1 Å². The van der Waals surface area contributed by atoms with Gasteiger partial charge in [-0.05, 0) is 37.5 Å². The number of hydrogen-bond acceptors (Lipinski definition) is 3. The predicted octanol–water partition coefficient (Wildman–Crippen LogP) is 2.61. The first-order valence-electron chi connectivity index (χ1n) is 8.58. The van der Waals surface area contributed by atoms with Crippen LogP contribution >= 0.6 is 0 Å². The highest BCUT2D eigenvalue weighted by molar-refractivity contribution is 6.05. The molecule has 2 saturated carbocycles. The van der Waals surface area contributed by atoms with Crippen molar-refractivity contribution in [2.75, 3.05) is 0 Å². The molecule has 3 aliphatic rings. The maximum absolute atomic E-state index is 12.6. The van der Waals surface area contributed by atoms with Gasteiger partial charge in [0.1, 0.15) is 0 Å². The summed E-state index contributed by atoms with van der Waals surface area (Å²) in [5.41, 5.74) is 0.367. The molecular formula is C17H28N2O2. The fraction of sp³-hybridized carbons (Fsp3) is 0.882. The molecule has 3 rings (SSSR count). The minimum absolute atomic E-state index is 0.0385. The van der Waals surface area contributed by atoms with Gasteiger partial charge < -0.3 is 5.32 Å². The van der Waals surface area contributed by atoms with Crippen molar-refractivity contribution in [3.05, 3.63) is 0 Å². The molecule has 2 atom stereocenters. The molecule has 0 radical (unpaired) electrons. The third-order valence-electron chi connectivity index (χ3n) is 5.53. The third-order valence-corrected chi connectivity index (χ3v) is 5.53. The van der Waals surface area contributed by atoms with E-state index in [0.717, 1.165) is 38.5 Å². The van der Waals surface area contributed by atoms with E-state index in [-0.39, 0.29) is 23.9 Å². The van der Waals surface area contributed by atoms with Crippen LogP contribution in [0.25, 0.3) is 0 Å². The summed E-state index contributed by atoms with van der Waals surface area (Å²) in [5, 5.41) is 3.47. The monoisotopic (exact) mass is 292 g/mol. The van der Waals surface area contributed by atoms with E-state index in [1.54, 1.807) is 4.90 Å². The summed E-state index contributed by atoms with van der Waals surface area (Å²) in [6, 6.07) is 0.303. The van der Waals surface area contributed by atoms with Gasteiger partial charge in [-0.3, -0.25) is 14.5 Å². The average molecular weight is 292 g/mol. The van der Waals surface area contributed by atoms with Crippen molar-refractivity contribution >= 4 is 11.8 Å². The first-order valence-corrected chi connectivity index (χ1v) is 8.58. The Labute approximate surface area is 127 Å². The molecule has 2 unspecified atom stereocenters. The summed E-state index contributed by atoms with van der Waals surface area (Å²) in [6.07, 6.45) is 9.33. The number of hydrogen-bond donors (Lipinski definition) is 1. The van der Waals surface area contributed by atoms with Crippen LogP contribution in [0.4, 0.5) is 0 Å². The maximum atomic E-state index is 12.6. The van der Waals surface area contributed by atoms with Crippen LogP contribution in [-0.4, -0.2) is 34.8 Å². The normalized spacial score (nSPS) is 33.9. The molecule has 0 bridgehead atoms. The fourth-order valence-electron chi connectivity index (χ4n) is 4.37. The molecule has 3 fully saturated rings. The molecule has 0 spiro atoms. The molecule has 2 aliphatic carbocycles. The van der Waals surface area contributed by atoms with Crippen LogP contribution < -0.4 is 5.32 Å². The molecule has 1 saturated heterocycles. The van der Waals surface area contributed by atoms with Crippen molar-refractivity contribution in [2.45, 2.75) is 89.8 Å². The van der Waals surface area contributed by atoms with Gasteiger partial charge in [0.25, 0.3) is 0 Å². The number of likely N-dealkylation sites (tertiary alicyclic amines) is 1. The minimum Gasteiger partial charge on any atom is -0.303 e. The quantitative estimate of drug-likeness (QED) is 0.814. The fourth-order valence-corrected chi connectivity index (χ4v) is 4.37. The standard InChI is InChI=1S/C17H28N2O2/c1-17(2)9-8-12(11-17)18-14-10-15(20)19(16(14)21)13-6-4-3-5-7-13/h12-14,18H,3-11H2,1-2H3. The number of amides is 2. The Morgan fingerprint density at radius 2 is 1.81 bits per heavy atom. The molecule has 21 heavy (non-hydrogen) atoms. The molecule has 0 aromatic carbocycles. The van der Waals surface area contributed by atoms with Crippen molar-refractivity contribution in [1.29, 1.82) is 0 Å². The summed E-state index contributed by atoms with van der Waals surface area (Å²) in [5.74, 6) is 0.0817. The second kappa shape index (κ2) is 5.71. The topological polar surface area (TPSA) is 49.4 Å². The molecule has 4 nitrogen and oxygen atoms in total. The Balaban J connectivity index is 1.61. The van der Waals surface area contributed by atoms with Crippen LogP contribution in [0.3, 0.4) is 0 Å². The Morgan fingerprint density at radius 1 is 1.10 bits per heavy atom. The largest absolute Gasteiger partial charge is 0.303 e. The second-order valence-electron chi connectivity index (χ2n) is 7.92. The predicted molar refractivity (Wildman–Crippen MR) is 81.7 cm³/mol. The zero-order valence-electron chi connectivity index (χ0n) is 13.4. The van der Waals surface area contributed by atoms with Gasteiger partial charge in [-0.1, -0.05) is 33.1 Å². The SMILES string of the molecule is CC1(C)CCC(NC2CC(=O)N(C3CCCCC3)C2=O)C1. The lowest BCUT2D eigenvalue weighted by atomic mass is 9.92. The lowest BCUT2D eigenvalue weighted by Crippen LogP contribution is -2.46. The van der Waals surface area contributed by atoms with Crippen LogP contribution in [0.5, 0.6) is 0 Å². The van der Waals surface area contributed by atoms with Gasteiger partial charge >= 0.3 is 0 Å². The highest BCUT2D eigenvalue weighted by atomic mass is 16.2. The van der Waals surface area contributed by atoms with E-state index >= 15 is 0 Å². The number of rotatable bonds is 3. The van der Waals surface area contributed by atoms with Crippen molar-refractivity contribution in [1.82, 2.24) is 10.2 Å². The van der Waals surface area contributed by atoms with Crippen LogP contribution in [0.15, 0.2) is 0 Å². The summed E-state index contributed by atoms with van der Waals surface area (Å²) >= 11 is 0. The summed E-state index contributed by atoms with van der Waals surface area (Å²) < 4.78 is 0. The maximum Gasteiger partial charge on any atom is 0.247 e. The van der Waals surface area contributed by atoms with Crippen molar-refractivity contribution < 1.29 is 9.59 Å². The zero-order chi connectivity index (χ0) is 15.0. The Kier molecular flexibility index (Phi) is 4.08. The molecule has 118 valence electrons. The number of nitrogens with one attached hydrogen (secondary N) is 1. The lowest BCUT2D eigenvalue weighted by Gasteiger charge is -2.30. The molecule has 0 aromatic heterocycles. The summed E-state index contributed by atoms with van der Waals surface area (Å²) in [4.78, 5) is 26.5. The molecule has 2 amide bonds. The van der Waals surface area contributed by atoms with E-state index in [0.29, 0.717) is 17.9 Å². The molecule has 4 heteroatoms. The third kappa shape index (κ3) is 3.15. The van der Waals surface area contributed by atoms with Gasteiger partial charge in [-0.15, -0.1) is 0 Å². The summed E-state index contributed by atoms with van der Waals surface area (Å²) in [6.45, 7) is 4.56. The number of carbonyl (C=O) groups is 2. The Bertz CT molecular complexity index is 427. The van der Waals surface area contributed by atoms with Crippen molar-refractivity contribution in [3.63, 3.8) is 0 Å². The highest BCUT2D eigenvalue weighted by Gasteiger charge is 2.44. The smallest absolute Gasteiger partial charge is 0.247 e.